The second kappa shape index (κ2) is 15.6. The number of nitrogens with one attached hydrogen (secondary N) is 4. The van der Waals surface area contributed by atoms with Crippen molar-refractivity contribution in [2.75, 3.05) is 32.1 Å². The lowest BCUT2D eigenvalue weighted by atomic mass is 9.97. The standard InChI is InChI=1S/C34H35Cl2FN6O5/c1-19(44)39-12-11-38-17-24-25(37)14-20(15-30(24)48-2)21-6-3-7-22(32(21)35)23-8-4-9-27(33(23)36)41-34(47)28-16-29-26(40-18-31(45)46)10-5-13-43(29)42-28/h3-4,6-9,14-16,26,38,40H,5,10-13,17-18H2,1-2H3,(H,39,44)(H,41,47)(H,45,46). The van der Waals surface area contributed by atoms with Crippen LogP contribution < -0.4 is 26.0 Å². The van der Waals surface area contributed by atoms with Crippen LogP contribution in [0.2, 0.25) is 10.0 Å². The number of carboxylic acids is 1. The predicted octanol–water partition coefficient (Wildman–Crippen LogP) is 5.66. The molecule has 0 bridgehead atoms. The van der Waals surface area contributed by atoms with Gasteiger partial charge in [-0.05, 0) is 42.7 Å². The number of anilines is 1. The van der Waals surface area contributed by atoms with E-state index in [2.05, 4.69) is 26.4 Å². The highest BCUT2D eigenvalue weighted by atomic mass is 35.5. The molecule has 0 aliphatic carbocycles. The number of methoxy groups -OCH3 is 1. The lowest BCUT2D eigenvalue weighted by Gasteiger charge is -2.23. The molecule has 5 rings (SSSR count). The Bertz CT molecular complexity index is 1850. The Labute approximate surface area is 286 Å². The minimum absolute atomic E-state index is 0.141. The van der Waals surface area contributed by atoms with Crippen LogP contribution in [0.5, 0.6) is 5.75 Å². The van der Waals surface area contributed by atoms with Gasteiger partial charge < -0.3 is 25.8 Å². The van der Waals surface area contributed by atoms with E-state index in [0.717, 1.165) is 18.5 Å². The van der Waals surface area contributed by atoms with Crippen molar-refractivity contribution >= 4 is 46.7 Å². The van der Waals surface area contributed by atoms with Crippen LogP contribution in [0.15, 0.2) is 54.6 Å². The maximum atomic E-state index is 15.4. The quantitative estimate of drug-likeness (QED) is 0.113. The molecule has 0 spiro atoms. The highest BCUT2D eigenvalue weighted by molar-refractivity contribution is 6.39. The van der Waals surface area contributed by atoms with Crippen molar-refractivity contribution in [3.05, 3.63) is 87.4 Å². The molecule has 1 aliphatic rings. The van der Waals surface area contributed by atoms with Gasteiger partial charge in [0.15, 0.2) is 5.69 Å². The summed E-state index contributed by atoms with van der Waals surface area (Å²) in [6, 6.07) is 15.0. The average Bonchev–Trinajstić information content (AvgIpc) is 3.50. The number of aromatic nitrogens is 2. The molecule has 0 saturated carbocycles. The van der Waals surface area contributed by atoms with Gasteiger partial charge in [-0.2, -0.15) is 5.10 Å². The van der Waals surface area contributed by atoms with Crippen molar-refractivity contribution in [1.82, 2.24) is 25.7 Å². The molecule has 2 heterocycles. The molecule has 4 aromatic rings. The normalized spacial score (nSPS) is 13.9. The molecule has 3 aromatic carbocycles. The Morgan fingerprint density at radius 3 is 2.50 bits per heavy atom. The summed E-state index contributed by atoms with van der Waals surface area (Å²) < 4.78 is 22.6. The Kier molecular flexibility index (Phi) is 11.3. The summed E-state index contributed by atoms with van der Waals surface area (Å²) in [5, 5.41) is 25.7. The minimum atomic E-state index is -0.963. The van der Waals surface area contributed by atoms with Crippen LogP contribution in [0.1, 0.15) is 47.6 Å². The maximum absolute atomic E-state index is 15.4. The highest BCUT2D eigenvalue weighted by Crippen LogP contribution is 2.42. The molecule has 1 unspecified atom stereocenters. The van der Waals surface area contributed by atoms with Crippen molar-refractivity contribution in [3.63, 3.8) is 0 Å². The summed E-state index contributed by atoms with van der Waals surface area (Å²) in [5.74, 6) is -1.72. The minimum Gasteiger partial charge on any atom is -0.496 e. The third kappa shape index (κ3) is 7.96. The van der Waals surface area contributed by atoms with Crippen LogP contribution in [0.4, 0.5) is 10.1 Å². The van der Waals surface area contributed by atoms with E-state index in [0.29, 0.717) is 63.9 Å². The SMILES string of the molecule is COc1cc(-c2cccc(-c3cccc(NC(=O)c4cc5n(n4)CCCC5NCC(=O)O)c3Cl)c2Cl)cc(F)c1CNCCNC(C)=O. The van der Waals surface area contributed by atoms with Gasteiger partial charge in [0.2, 0.25) is 5.91 Å². The van der Waals surface area contributed by atoms with Gasteiger partial charge in [-0.3, -0.25) is 24.4 Å². The van der Waals surface area contributed by atoms with Gasteiger partial charge in [-0.25, -0.2) is 4.39 Å². The number of aryl methyl sites for hydroxylation is 1. The first kappa shape index (κ1) is 34.8. The van der Waals surface area contributed by atoms with Gasteiger partial charge >= 0.3 is 5.97 Å². The summed E-state index contributed by atoms with van der Waals surface area (Å²) in [6.07, 6.45) is 1.53. The number of carbonyl (C=O) groups excluding carboxylic acids is 2. The molecule has 11 nitrogen and oxygen atoms in total. The fraction of sp³-hybridized carbons (Fsp3) is 0.294. The van der Waals surface area contributed by atoms with E-state index < -0.39 is 17.7 Å². The zero-order valence-electron chi connectivity index (χ0n) is 26.3. The van der Waals surface area contributed by atoms with E-state index >= 15 is 4.39 Å². The number of hydrogen-bond acceptors (Lipinski definition) is 7. The number of carbonyl (C=O) groups is 3. The number of halogens is 3. The predicted molar refractivity (Wildman–Crippen MR) is 182 cm³/mol. The van der Waals surface area contributed by atoms with Crippen LogP contribution in [0.3, 0.4) is 0 Å². The summed E-state index contributed by atoms with van der Waals surface area (Å²) in [6.45, 7) is 2.91. The monoisotopic (exact) mass is 696 g/mol. The number of rotatable bonds is 13. The summed E-state index contributed by atoms with van der Waals surface area (Å²) >= 11 is 13.8. The largest absolute Gasteiger partial charge is 0.496 e. The molecule has 1 aromatic heterocycles. The zero-order valence-corrected chi connectivity index (χ0v) is 27.8. The van der Waals surface area contributed by atoms with E-state index in [4.69, 9.17) is 33.0 Å². The molecular weight excluding hydrogens is 662 g/mol. The van der Waals surface area contributed by atoms with E-state index in [1.807, 2.05) is 0 Å². The summed E-state index contributed by atoms with van der Waals surface area (Å²) in [5.41, 5.74) is 3.78. The number of amides is 2. The van der Waals surface area contributed by atoms with E-state index in [9.17, 15) is 14.4 Å². The first-order valence-electron chi connectivity index (χ1n) is 15.3. The molecule has 0 radical (unpaired) electrons. The Morgan fingerprint density at radius 2 is 1.77 bits per heavy atom. The van der Waals surface area contributed by atoms with Crippen LogP contribution in [0.25, 0.3) is 22.3 Å². The Morgan fingerprint density at radius 1 is 1.04 bits per heavy atom. The lowest BCUT2D eigenvalue weighted by Crippen LogP contribution is -2.31. The fourth-order valence-corrected chi connectivity index (χ4v) is 6.27. The summed E-state index contributed by atoms with van der Waals surface area (Å²) in [4.78, 5) is 35.4. The van der Waals surface area contributed by atoms with Gasteiger partial charge in [0.1, 0.15) is 11.6 Å². The average molecular weight is 698 g/mol. The van der Waals surface area contributed by atoms with Crippen LogP contribution in [-0.2, 0) is 22.7 Å². The molecule has 0 saturated heterocycles. The van der Waals surface area contributed by atoms with E-state index in [1.165, 1.54) is 20.1 Å². The second-order valence-corrected chi connectivity index (χ2v) is 12.0. The molecule has 14 heteroatoms. The molecule has 5 N–H and O–H groups in total. The number of benzene rings is 3. The molecule has 1 atom stereocenters. The van der Waals surface area contributed by atoms with Crippen molar-refractivity contribution < 1.29 is 28.6 Å². The molecule has 1 aliphatic heterocycles. The van der Waals surface area contributed by atoms with Gasteiger partial charge in [0.05, 0.1) is 35.1 Å². The first-order chi connectivity index (χ1) is 23.1. The first-order valence-corrected chi connectivity index (χ1v) is 16.1. The molecule has 48 heavy (non-hydrogen) atoms. The molecular formula is C34H35Cl2FN6O5. The zero-order chi connectivity index (χ0) is 34.4. The number of hydrogen-bond donors (Lipinski definition) is 5. The Hall–Kier alpha value is -4.49. The van der Waals surface area contributed by atoms with Gasteiger partial charge in [-0.15, -0.1) is 0 Å². The van der Waals surface area contributed by atoms with E-state index in [1.54, 1.807) is 53.2 Å². The van der Waals surface area contributed by atoms with Crippen LogP contribution in [-0.4, -0.2) is 59.4 Å². The number of aliphatic carboxylic acids is 1. The van der Waals surface area contributed by atoms with Gasteiger partial charge in [0, 0.05) is 61.4 Å². The summed E-state index contributed by atoms with van der Waals surface area (Å²) in [7, 11) is 1.46. The van der Waals surface area contributed by atoms with Crippen LogP contribution in [0, 0.1) is 5.82 Å². The van der Waals surface area contributed by atoms with Crippen LogP contribution >= 0.6 is 23.2 Å². The van der Waals surface area contributed by atoms with Crippen molar-refractivity contribution in [3.8, 4) is 28.0 Å². The molecule has 0 fully saturated rings. The van der Waals surface area contributed by atoms with E-state index in [-0.39, 0.29) is 35.8 Å². The van der Waals surface area contributed by atoms with Crippen molar-refractivity contribution in [1.29, 1.82) is 0 Å². The topological polar surface area (TPSA) is 147 Å². The van der Waals surface area contributed by atoms with Crippen molar-refractivity contribution in [2.24, 2.45) is 0 Å². The number of ether oxygens (including phenoxy) is 1. The number of nitrogens with zero attached hydrogens (tertiary/aromatic N) is 2. The van der Waals surface area contributed by atoms with Crippen molar-refractivity contribution in [2.45, 2.75) is 38.9 Å². The third-order valence-electron chi connectivity index (χ3n) is 7.96. The lowest BCUT2D eigenvalue weighted by molar-refractivity contribution is -0.136. The third-order valence-corrected chi connectivity index (χ3v) is 8.78. The van der Waals surface area contributed by atoms with Gasteiger partial charge in [-0.1, -0.05) is 53.5 Å². The molecule has 2 amide bonds. The number of carboxylic acid groups (broad SMARTS) is 1. The van der Waals surface area contributed by atoms with Gasteiger partial charge in [0.25, 0.3) is 5.91 Å². The smallest absolute Gasteiger partial charge is 0.317 e. The molecule has 252 valence electrons. The fourth-order valence-electron chi connectivity index (χ4n) is 5.66. The maximum Gasteiger partial charge on any atom is 0.317 e. The highest BCUT2D eigenvalue weighted by Gasteiger charge is 2.25. The number of fused-ring (bicyclic) bond motifs is 1. The Balaban J connectivity index is 1.37. The second-order valence-electron chi connectivity index (χ2n) is 11.2.